The minimum Gasteiger partial charge on any atom is -0.389 e. The van der Waals surface area contributed by atoms with Gasteiger partial charge in [-0.2, -0.15) is 11.8 Å². The van der Waals surface area contributed by atoms with Gasteiger partial charge in [-0.1, -0.05) is 18.6 Å². The molecule has 1 aliphatic carbocycles. The lowest BCUT2D eigenvalue weighted by Crippen LogP contribution is -2.40. The van der Waals surface area contributed by atoms with Crippen molar-refractivity contribution >= 4 is 34.7 Å². The Hall–Kier alpha value is -0.810. The molecule has 0 saturated heterocycles. The summed E-state index contributed by atoms with van der Waals surface area (Å²) in [6.45, 7) is 0.803. The van der Waals surface area contributed by atoms with Crippen LogP contribution in [0.4, 0.5) is 10.1 Å². The normalized spacial score (nSPS) is 17.0. The van der Waals surface area contributed by atoms with Gasteiger partial charge in [0.15, 0.2) is 0 Å². The van der Waals surface area contributed by atoms with Crippen LogP contribution in [0.1, 0.15) is 24.8 Å². The van der Waals surface area contributed by atoms with Crippen molar-refractivity contribution in [2.45, 2.75) is 24.0 Å². The lowest BCUT2D eigenvalue weighted by molar-refractivity contribution is 0.379. The summed E-state index contributed by atoms with van der Waals surface area (Å²) in [7, 11) is 0. The molecule has 98 valence electrons. The Kier molecular flexibility index (Phi) is 4.12. The van der Waals surface area contributed by atoms with Gasteiger partial charge in [0.25, 0.3) is 0 Å². The summed E-state index contributed by atoms with van der Waals surface area (Å²) in [4.78, 5) is 0.222. The summed E-state index contributed by atoms with van der Waals surface area (Å²) >= 11 is 6.69. The van der Waals surface area contributed by atoms with Crippen molar-refractivity contribution in [3.8, 4) is 0 Å². The number of hydrogen-bond donors (Lipinski definition) is 2. The molecule has 0 radical (unpaired) electrons. The van der Waals surface area contributed by atoms with E-state index in [0.717, 1.165) is 6.54 Å². The molecule has 1 aliphatic rings. The van der Waals surface area contributed by atoms with Crippen LogP contribution >= 0.6 is 24.0 Å². The maximum Gasteiger partial charge on any atom is 0.146 e. The van der Waals surface area contributed by atoms with Crippen LogP contribution in [0.25, 0.3) is 0 Å². The van der Waals surface area contributed by atoms with Gasteiger partial charge in [0.2, 0.25) is 0 Å². The van der Waals surface area contributed by atoms with E-state index >= 15 is 0 Å². The van der Waals surface area contributed by atoms with Crippen LogP contribution in [0.15, 0.2) is 18.2 Å². The summed E-state index contributed by atoms with van der Waals surface area (Å²) in [6.07, 6.45) is 5.79. The summed E-state index contributed by atoms with van der Waals surface area (Å²) in [5.74, 6) is -0.295. The molecule has 0 spiro atoms. The number of thioether (sulfide) groups is 1. The van der Waals surface area contributed by atoms with E-state index in [4.69, 9.17) is 18.0 Å². The first-order valence-electron chi connectivity index (χ1n) is 5.95. The molecule has 5 heteroatoms. The predicted octanol–water partition coefficient (Wildman–Crippen LogP) is 3.16. The average molecular weight is 284 g/mol. The highest BCUT2D eigenvalue weighted by molar-refractivity contribution is 8.00. The van der Waals surface area contributed by atoms with Gasteiger partial charge >= 0.3 is 0 Å². The SMILES string of the molecule is CSC1(CNc2ccc(C(N)=S)cc2F)CCC1. The van der Waals surface area contributed by atoms with E-state index in [0.29, 0.717) is 11.3 Å². The molecule has 0 amide bonds. The number of nitrogens with one attached hydrogen (secondary N) is 1. The number of hydrogen-bond acceptors (Lipinski definition) is 3. The fourth-order valence-corrected chi connectivity index (χ4v) is 3.13. The molecule has 3 N–H and O–H groups in total. The second kappa shape index (κ2) is 5.45. The van der Waals surface area contributed by atoms with E-state index in [1.54, 1.807) is 12.1 Å². The third-order valence-corrected chi connectivity index (χ3v) is 5.21. The number of thiocarbonyl (C=S) groups is 1. The Morgan fingerprint density at radius 2 is 2.28 bits per heavy atom. The Bertz CT molecular complexity index is 453. The molecule has 1 fully saturated rings. The van der Waals surface area contributed by atoms with Crippen molar-refractivity contribution in [1.29, 1.82) is 0 Å². The molecule has 1 aromatic rings. The van der Waals surface area contributed by atoms with Crippen LogP contribution in [-0.2, 0) is 0 Å². The molecule has 1 saturated carbocycles. The summed E-state index contributed by atoms with van der Waals surface area (Å²) < 4.78 is 14.1. The van der Waals surface area contributed by atoms with E-state index in [-0.39, 0.29) is 15.6 Å². The Balaban J connectivity index is 2.03. The fraction of sp³-hybridized carbons (Fsp3) is 0.462. The summed E-state index contributed by atoms with van der Waals surface area (Å²) in [5.41, 5.74) is 6.56. The Morgan fingerprint density at radius 1 is 1.56 bits per heavy atom. The van der Waals surface area contributed by atoms with E-state index in [1.807, 2.05) is 11.8 Å². The van der Waals surface area contributed by atoms with Gasteiger partial charge in [-0.05, 0) is 37.3 Å². The minimum atomic E-state index is -0.295. The standard InChI is InChI=1S/C13H17FN2S2/c1-18-13(5-2-6-13)8-16-11-4-3-9(12(15)17)7-10(11)14/h3-4,7,16H,2,5-6,8H2,1H3,(H2,15,17). The van der Waals surface area contributed by atoms with Gasteiger partial charge in [0.05, 0.1) is 5.69 Å². The molecule has 18 heavy (non-hydrogen) atoms. The second-order valence-electron chi connectivity index (χ2n) is 4.65. The quantitative estimate of drug-likeness (QED) is 0.815. The molecular formula is C13H17FN2S2. The largest absolute Gasteiger partial charge is 0.389 e. The van der Waals surface area contributed by atoms with Gasteiger partial charge in [-0.3, -0.25) is 0 Å². The van der Waals surface area contributed by atoms with Gasteiger partial charge in [-0.15, -0.1) is 0 Å². The molecule has 0 heterocycles. The van der Waals surface area contributed by atoms with Crippen LogP contribution < -0.4 is 11.1 Å². The van der Waals surface area contributed by atoms with E-state index in [1.165, 1.54) is 25.3 Å². The Morgan fingerprint density at radius 3 is 2.72 bits per heavy atom. The molecule has 0 bridgehead atoms. The first kappa shape index (κ1) is 13.6. The maximum absolute atomic E-state index is 13.8. The van der Waals surface area contributed by atoms with Crippen LogP contribution in [0, 0.1) is 5.82 Å². The highest BCUT2D eigenvalue weighted by Gasteiger charge is 2.35. The fourth-order valence-electron chi connectivity index (χ4n) is 2.09. The molecule has 0 unspecified atom stereocenters. The van der Waals surface area contributed by atoms with Crippen molar-refractivity contribution in [3.05, 3.63) is 29.6 Å². The summed E-state index contributed by atoms with van der Waals surface area (Å²) in [5, 5.41) is 3.19. The second-order valence-corrected chi connectivity index (χ2v) is 6.37. The zero-order chi connectivity index (χ0) is 13.2. The maximum atomic E-state index is 13.8. The molecule has 1 aromatic carbocycles. The van der Waals surface area contributed by atoms with E-state index in [9.17, 15) is 4.39 Å². The third-order valence-electron chi connectivity index (χ3n) is 3.55. The first-order chi connectivity index (χ1) is 8.56. The smallest absolute Gasteiger partial charge is 0.146 e. The van der Waals surface area contributed by atoms with Gasteiger partial charge in [-0.25, -0.2) is 4.39 Å². The molecule has 0 aliphatic heterocycles. The van der Waals surface area contributed by atoms with Crippen molar-refractivity contribution in [3.63, 3.8) is 0 Å². The van der Waals surface area contributed by atoms with Crippen molar-refractivity contribution in [2.24, 2.45) is 5.73 Å². The number of benzene rings is 1. The third kappa shape index (κ3) is 2.78. The van der Waals surface area contributed by atoms with E-state index < -0.39 is 0 Å². The topological polar surface area (TPSA) is 38.0 Å². The zero-order valence-corrected chi connectivity index (χ0v) is 12.0. The van der Waals surface area contributed by atoms with Crippen molar-refractivity contribution in [1.82, 2.24) is 0 Å². The average Bonchev–Trinajstić information content (AvgIpc) is 2.29. The number of halogens is 1. The van der Waals surface area contributed by atoms with Gasteiger partial charge in [0, 0.05) is 16.9 Å². The number of anilines is 1. The van der Waals surface area contributed by atoms with Gasteiger partial charge < -0.3 is 11.1 Å². The van der Waals surface area contributed by atoms with Crippen molar-refractivity contribution in [2.75, 3.05) is 18.1 Å². The zero-order valence-electron chi connectivity index (χ0n) is 10.3. The lowest BCUT2D eigenvalue weighted by atomic mass is 9.84. The van der Waals surface area contributed by atoms with Crippen LogP contribution in [0.3, 0.4) is 0 Å². The van der Waals surface area contributed by atoms with Crippen LogP contribution in [-0.4, -0.2) is 22.5 Å². The first-order valence-corrected chi connectivity index (χ1v) is 7.58. The highest BCUT2D eigenvalue weighted by Crippen LogP contribution is 2.42. The highest BCUT2D eigenvalue weighted by atomic mass is 32.2. The molecular weight excluding hydrogens is 267 g/mol. The van der Waals surface area contributed by atoms with E-state index in [2.05, 4.69) is 11.6 Å². The Labute approximate surface area is 117 Å². The molecule has 2 nitrogen and oxygen atoms in total. The van der Waals surface area contributed by atoms with Crippen LogP contribution in [0.5, 0.6) is 0 Å². The number of nitrogens with two attached hydrogens (primary N) is 1. The number of rotatable bonds is 5. The van der Waals surface area contributed by atoms with Crippen molar-refractivity contribution < 1.29 is 4.39 Å². The molecule has 2 rings (SSSR count). The minimum absolute atomic E-state index is 0.222. The van der Waals surface area contributed by atoms with Crippen LogP contribution in [0.2, 0.25) is 0 Å². The van der Waals surface area contributed by atoms with Gasteiger partial charge in [0.1, 0.15) is 10.8 Å². The lowest BCUT2D eigenvalue weighted by Gasteiger charge is -2.40. The monoisotopic (exact) mass is 284 g/mol. The molecule has 0 aromatic heterocycles. The summed E-state index contributed by atoms with van der Waals surface area (Å²) in [6, 6.07) is 4.84. The predicted molar refractivity (Wildman–Crippen MR) is 80.9 cm³/mol. The molecule has 0 atom stereocenters.